The van der Waals surface area contributed by atoms with E-state index in [-0.39, 0.29) is 4.90 Å². The molecule has 6 heteroatoms. The lowest BCUT2D eigenvalue weighted by Gasteiger charge is -2.05. The van der Waals surface area contributed by atoms with Crippen molar-refractivity contribution in [2.45, 2.75) is 25.2 Å². The maximum Gasteiger partial charge on any atom is 0.124 e. The average Bonchev–Trinajstić information content (AvgIpc) is 2.28. The zero-order valence-electron chi connectivity index (χ0n) is 12.1. The van der Waals surface area contributed by atoms with Gasteiger partial charge in [0.2, 0.25) is 0 Å². The fourth-order valence-corrected chi connectivity index (χ4v) is 1.17. The Morgan fingerprint density at radius 1 is 1.21 bits per heavy atom. The summed E-state index contributed by atoms with van der Waals surface area (Å²) in [7, 11) is 1.98. The van der Waals surface area contributed by atoms with Crippen LogP contribution in [-0.2, 0) is 10.1 Å². The van der Waals surface area contributed by atoms with Gasteiger partial charge in [-0.3, -0.25) is 0 Å². The van der Waals surface area contributed by atoms with Crippen LogP contribution >= 0.6 is 0 Å². The summed E-state index contributed by atoms with van der Waals surface area (Å²) in [6.45, 7) is 3.64. The highest BCUT2D eigenvalue weighted by molar-refractivity contribution is 7.85. The lowest BCUT2D eigenvalue weighted by Crippen LogP contribution is -3.02. The third-order valence-corrected chi connectivity index (χ3v) is 2.32. The largest absolute Gasteiger partial charge is 0.744 e. The van der Waals surface area contributed by atoms with Gasteiger partial charge in [-0.2, -0.15) is 5.26 Å². The quantitative estimate of drug-likeness (QED) is 0.765. The van der Waals surface area contributed by atoms with Gasteiger partial charge >= 0.3 is 0 Å². The molecule has 0 aliphatic heterocycles. The molecule has 0 amide bonds. The second kappa shape index (κ2) is 10.5. The molecule has 0 bridgehead atoms. The molecule has 0 saturated carbocycles. The van der Waals surface area contributed by atoms with E-state index in [1.807, 2.05) is 19.9 Å². The van der Waals surface area contributed by atoms with Gasteiger partial charge < -0.3 is 9.45 Å². The Bertz CT molecular complexity index is 471. The van der Waals surface area contributed by atoms with E-state index in [0.717, 1.165) is 5.56 Å². The first kappa shape index (κ1) is 19.9. The SMILES string of the molecule is CCC#N.C[NH+](C)C.Cc1ccc(S(=O)(=O)[O-])cc1. The van der Waals surface area contributed by atoms with Crippen molar-refractivity contribution in [3.8, 4) is 6.07 Å². The normalized spacial score (nSPS) is 9.58. The summed E-state index contributed by atoms with van der Waals surface area (Å²) >= 11 is 0. The van der Waals surface area contributed by atoms with Crippen molar-refractivity contribution in [1.29, 1.82) is 5.26 Å². The number of hydrogen-bond acceptors (Lipinski definition) is 4. The summed E-state index contributed by atoms with van der Waals surface area (Å²) in [5.74, 6) is 0. The van der Waals surface area contributed by atoms with Gasteiger partial charge in [0.25, 0.3) is 0 Å². The molecule has 0 heterocycles. The fourth-order valence-electron chi connectivity index (χ4n) is 0.705. The summed E-state index contributed by atoms with van der Waals surface area (Å²) < 4.78 is 31.2. The molecule has 19 heavy (non-hydrogen) atoms. The number of quaternary nitrogens is 1. The van der Waals surface area contributed by atoms with E-state index in [0.29, 0.717) is 6.42 Å². The molecule has 108 valence electrons. The van der Waals surface area contributed by atoms with Crippen molar-refractivity contribution in [3.63, 3.8) is 0 Å². The zero-order chi connectivity index (χ0) is 15.5. The van der Waals surface area contributed by atoms with Crippen LogP contribution in [0.25, 0.3) is 0 Å². The molecule has 0 spiro atoms. The van der Waals surface area contributed by atoms with Gasteiger partial charge in [0.05, 0.1) is 32.1 Å². The molecule has 0 radical (unpaired) electrons. The van der Waals surface area contributed by atoms with E-state index in [9.17, 15) is 13.0 Å². The molecule has 0 aliphatic rings. The monoisotopic (exact) mass is 286 g/mol. The predicted octanol–water partition coefficient (Wildman–Crippen LogP) is 0.580. The van der Waals surface area contributed by atoms with E-state index >= 15 is 0 Å². The maximum atomic E-state index is 10.4. The first-order chi connectivity index (χ1) is 8.65. The zero-order valence-corrected chi connectivity index (χ0v) is 12.9. The minimum atomic E-state index is -4.27. The third-order valence-electron chi connectivity index (χ3n) is 1.47. The van der Waals surface area contributed by atoms with Crippen molar-refractivity contribution in [2.24, 2.45) is 0 Å². The van der Waals surface area contributed by atoms with E-state index in [1.54, 1.807) is 12.1 Å². The molecule has 0 unspecified atom stereocenters. The first-order valence-corrected chi connectivity index (χ1v) is 7.22. The number of aryl methyl sites for hydroxylation is 1. The standard InChI is InChI=1S/C7H8O3S.C3H9N.C3H5N/c1-6-2-4-7(5-3-6)11(8,9)10;1-4(2)3;1-2-3-4/h2-5H,1H3,(H,8,9,10);1-3H3;2H2,1H3. The van der Waals surface area contributed by atoms with Crippen LogP contribution in [0.4, 0.5) is 0 Å². The van der Waals surface area contributed by atoms with Crippen LogP contribution in [0.15, 0.2) is 29.2 Å². The molecule has 1 aromatic carbocycles. The van der Waals surface area contributed by atoms with Crippen molar-refractivity contribution in [1.82, 2.24) is 0 Å². The summed E-state index contributed by atoms with van der Waals surface area (Å²) in [5, 5.41) is 7.62. The summed E-state index contributed by atoms with van der Waals surface area (Å²) in [4.78, 5) is 1.24. The topological polar surface area (TPSA) is 85.4 Å². The Labute approximate surface area is 116 Å². The van der Waals surface area contributed by atoms with E-state index in [2.05, 4.69) is 21.1 Å². The maximum absolute atomic E-state index is 10.4. The minimum Gasteiger partial charge on any atom is -0.744 e. The molecule has 1 rings (SSSR count). The Morgan fingerprint density at radius 3 is 1.74 bits per heavy atom. The number of nitrogens with one attached hydrogen (secondary N) is 1. The van der Waals surface area contributed by atoms with Crippen molar-refractivity contribution >= 4 is 10.1 Å². The van der Waals surface area contributed by atoms with E-state index in [4.69, 9.17) is 5.26 Å². The number of hydrogen-bond donors (Lipinski definition) is 1. The summed E-state index contributed by atoms with van der Waals surface area (Å²) in [6, 6.07) is 7.71. The van der Waals surface area contributed by atoms with Gasteiger partial charge in [0, 0.05) is 6.42 Å². The summed E-state index contributed by atoms with van der Waals surface area (Å²) in [6.07, 6.45) is 0.625. The van der Waals surface area contributed by atoms with Crippen molar-refractivity contribution in [3.05, 3.63) is 29.8 Å². The van der Waals surface area contributed by atoms with Crippen LogP contribution < -0.4 is 4.90 Å². The van der Waals surface area contributed by atoms with Crippen molar-refractivity contribution < 1.29 is 17.9 Å². The van der Waals surface area contributed by atoms with Gasteiger partial charge in [-0.15, -0.1) is 0 Å². The smallest absolute Gasteiger partial charge is 0.124 e. The van der Waals surface area contributed by atoms with Gasteiger partial charge in [0.15, 0.2) is 0 Å². The molecular weight excluding hydrogens is 264 g/mol. The molecule has 1 N–H and O–H groups in total. The van der Waals surface area contributed by atoms with Crippen LogP contribution in [0, 0.1) is 18.3 Å². The highest BCUT2D eigenvalue weighted by Gasteiger charge is 1.97. The Balaban J connectivity index is 0. The van der Waals surface area contributed by atoms with Crippen molar-refractivity contribution in [2.75, 3.05) is 21.1 Å². The molecule has 0 aliphatic carbocycles. The molecule has 0 saturated heterocycles. The number of rotatable bonds is 1. The molecular formula is C13H22N2O3S. The van der Waals surface area contributed by atoms with Gasteiger partial charge in [-0.05, 0) is 19.1 Å². The lowest BCUT2D eigenvalue weighted by atomic mass is 10.2. The van der Waals surface area contributed by atoms with Crippen LogP contribution in [0.5, 0.6) is 0 Å². The van der Waals surface area contributed by atoms with Gasteiger partial charge in [0.1, 0.15) is 10.1 Å². The molecule has 0 fully saturated rings. The molecule has 0 aromatic heterocycles. The number of nitrogens with zero attached hydrogens (tertiary/aromatic N) is 1. The van der Waals surface area contributed by atoms with E-state index < -0.39 is 10.1 Å². The second-order valence-corrected chi connectivity index (χ2v) is 5.66. The second-order valence-electron chi connectivity index (χ2n) is 4.28. The highest BCUT2D eigenvalue weighted by atomic mass is 32.2. The Hall–Kier alpha value is -1.42. The fraction of sp³-hybridized carbons (Fsp3) is 0.462. The van der Waals surface area contributed by atoms with Crippen LogP contribution in [-0.4, -0.2) is 34.1 Å². The minimum absolute atomic E-state index is 0.178. The lowest BCUT2D eigenvalue weighted by molar-refractivity contribution is -0.836. The van der Waals surface area contributed by atoms with E-state index in [1.165, 1.54) is 17.0 Å². The van der Waals surface area contributed by atoms with Gasteiger partial charge in [-0.25, -0.2) is 8.42 Å². The number of benzene rings is 1. The summed E-state index contributed by atoms with van der Waals surface area (Å²) in [5.41, 5.74) is 0.928. The molecule has 0 atom stereocenters. The Morgan fingerprint density at radius 2 is 1.53 bits per heavy atom. The average molecular weight is 286 g/mol. The molecule has 1 aromatic rings. The number of nitriles is 1. The first-order valence-electron chi connectivity index (χ1n) is 5.81. The van der Waals surface area contributed by atoms with Gasteiger partial charge in [-0.1, -0.05) is 24.6 Å². The van der Waals surface area contributed by atoms with Crippen LogP contribution in [0.3, 0.4) is 0 Å². The predicted molar refractivity (Wildman–Crippen MR) is 73.8 cm³/mol. The third kappa shape index (κ3) is 14.5. The van der Waals surface area contributed by atoms with Crippen LogP contribution in [0.2, 0.25) is 0 Å². The Kier molecular flexibility index (Phi) is 11.0. The molecule has 5 nitrogen and oxygen atoms in total. The van der Waals surface area contributed by atoms with Crippen LogP contribution in [0.1, 0.15) is 18.9 Å². The highest BCUT2D eigenvalue weighted by Crippen LogP contribution is 2.08.